The van der Waals surface area contributed by atoms with Gasteiger partial charge in [0.25, 0.3) is 0 Å². The zero-order chi connectivity index (χ0) is 24.7. The van der Waals surface area contributed by atoms with E-state index in [-0.39, 0.29) is 15.0 Å². The zero-order valence-electron chi connectivity index (χ0n) is 17.1. The molecule has 0 bridgehead atoms. The molecule has 0 amide bonds. The summed E-state index contributed by atoms with van der Waals surface area (Å²) in [5, 5.41) is 5.78. The van der Waals surface area contributed by atoms with E-state index in [1.165, 1.54) is 66.7 Å². The van der Waals surface area contributed by atoms with Crippen LogP contribution in [0.15, 0.2) is 76.0 Å². The molecule has 1 heterocycles. The molecule has 0 aliphatic rings. The Morgan fingerprint density at radius 2 is 1.41 bits per heavy atom. The van der Waals surface area contributed by atoms with Crippen LogP contribution < -0.4 is 5.14 Å². The van der Waals surface area contributed by atoms with Gasteiger partial charge in [-0.2, -0.15) is 0 Å². The van der Waals surface area contributed by atoms with Crippen molar-refractivity contribution in [1.29, 1.82) is 0 Å². The Balaban J connectivity index is 1.82. The number of sulfonamides is 1. The molecular weight excluding hydrogens is 542 g/mol. The fourth-order valence-corrected chi connectivity index (χ4v) is 7.01. The van der Waals surface area contributed by atoms with Gasteiger partial charge in [-0.05, 0) is 65.7 Å². The van der Waals surface area contributed by atoms with Crippen molar-refractivity contribution in [2.45, 2.75) is 15.0 Å². The van der Waals surface area contributed by atoms with Gasteiger partial charge in [-0.1, -0.05) is 35.3 Å². The van der Waals surface area contributed by atoms with Crippen molar-refractivity contribution < 1.29 is 21.2 Å². The average molecular weight is 557 g/mol. The summed E-state index contributed by atoms with van der Waals surface area (Å²) in [5.41, 5.74) is 1.73. The molecule has 0 radical (unpaired) electrons. The highest BCUT2D eigenvalue weighted by atomic mass is 35.5. The molecule has 0 atom stereocenters. The van der Waals surface area contributed by atoms with E-state index in [2.05, 4.69) is 4.98 Å². The molecule has 1 aromatic heterocycles. The van der Waals surface area contributed by atoms with E-state index >= 15 is 0 Å². The molecule has 34 heavy (non-hydrogen) atoms. The number of nitrogens with two attached hydrogens (primary N) is 1. The number of rotatable bonds is 6. The lowest BCUT2D eigenvalue weighted by molar-refractivity contribution is 0.594. The lowest BCUT2D eigenvalue weighted by atomic mass is 10.1. The Labute approximate surface area is 209 Å². The van der Waals surface area contributed by atoms with E-state index in [0.29, 0.717) is 37.3 Å². The maximum Gasteiger partial charge on any atom is 0.238 e. The fraction of sp³-hybridized carbons (Fsp3) is 0.0455. The number of thiazole rings is 1. The van der Waals surface area contributed by atoms with Crippen LogP contribution in [0.5, 0.6) is 0 Å². The molecule has 0 saturated carbocycles. The summed E-state index contributed by atoms with van der Waals surface area (Å²) < 4.78 is 62.9. The number of primary sulfonamides is 1. The first-order chi connectivity index (χ1) is 15.9. The molecule has 0 aliphatic heterocycles. The van der Waals surface area contributed by atoms with Crippen molar-refractivity contribution in [2.75, 3.05) is 0 Å². The van der Waals surface area contributed by atoms with Crippen LogP contribution in [0, 0.1) is 5.82 Å². The monoisotopic (exact) mass is 556 g/mol. The van der Waals surface area contributed by atoms with Crippen LogP contribution in [-0.2, 0) is 25.6 Å². The van der Waals surface area contributed by atoms with E-state index in [1.807, 2.05) is 0 Å². The van der Waals surface area contributed by atoms with E-state index < -0.39 is 25.7 Å². The molecule has 0 aliphatic carbocycles. The second-order valence-electron chi connectivity index (χ2n) is 7.27. The Kier molecular flexibility index (Phi) is 6.83. The summed E-state index contributed by atoms with van der Waals surface area (Å²) in [5.74, 6) is -0.836. The standard InChI is InChI=1S/C22H15Cl2FN2O4S3/c23-16-9-13(10-17(24)11-16)12-33(28,29)22-27-20(14-1-5-18(25)6-2-14)21(32-22)15-3-7-19(8-4-15)34(26,30)31/h1-11H,12H2,(H2,26,30,31). The molecule has 4 rings (SSSR count). The number of benzene rings is 3. The van der Waals surface area contributed by atoms with Gasteiger partial charge in [-0.15, -0.1) is 11.3 Å². The smallest absolute Gasteiger partial charge is 0.225 e. The summed E-state index contributed by atoms with van der Waals surface area (Å²) in [6.07, 6.45) is 0. The van der Waals surface area contributed by atoms with Gasteiger partial charge in [0.05, 0.1) is 21.2 Å². The van der Waals surface area contributed by atoms with E-state index in [0.717, 1.165) is 11.3 Å². The van der Waals surface area contributed by atoms with Crippen molar-refractivity contribution in [3.05, 3.63) is 88.2 Å². The third kappa shape index (κ3) is 5.48. The number of hydrogen-bond acceptors (Lipinski definition) is 6. The van der Waals surface area contributed by atoms with Crippen LogP contribution >= 0.6 is 34.5 Å². The number of aromatic nitrogens is 1. The SMILES string of the molecule is NS(=O)(=O)c1ccc(-c2sc(S(=O)(=O)Cc3cc(Cl)cc(Cl)c3)nc2-c2ccc(F)cc2)cc1. The van der Waals surface area contributed by atoms with Crippen molar-refractivity contribution >= 4 is 54.4 Å². The minimum atomic E-state index is -3.90. The summed E-state index contributed by atoms with van der Waals surface area (Å²) in [4.78, 5) is 4.75. The molecular formula is C22H15Cl2FN2O4S3. The van der Waals surface area contributed by atoms with Gasteiger partial charge in [0.2, 0.25) is 24.2 Å². The minimum absolute atomic E-state index is 0.0882. The highest BCUT2D eigenvalue weighted by molar-refractivity contribution is 7.92. The predicted molar refractivity (Wildman–Crippen MR) is 132 cm³/mol. The number of hydrogen-bond donors (Lipinski definition) is 1. The normalized spacial score (nSPS) is 12.1. The third-order valence-electron chi connectivity index (χ3n) is 4.72. The van der Waals surface area contributed by atoms with Gasteiger partial charge in [-0.3, -0.25) is 0 Å². The van der Waals surface area contributed by atoms with Crippen LogP contribution in [-0.4, -0.2) is 21.8 Å². The minimum Gasteiger partial charge on any atom is -0.225 e. The van der Waals surface area contributed by atoms with Crippen molar-refractivity contribution in [3.8, 4) is 21.7 Å². The van der Waals surface area contributed by atoms with Crippen molar-refractivity contribution in [1.82, 2.24) is 4.98 Å². The molecule has 0 fully saturated rings. The van der Waals surface area contributed by atoms with Crippen LogP contribution in [0.1, 0.15) is 5.56 Å². The lowest BCUT2D eigenvalue weighted by Crippen LogP contribution is -2.11. The molecule has 0 spiro atoms. The first-order valence-electron chi connectivity index (χ1n) is 9.50. The largest absolute Gasteiger partial charge is 0.238 e. The summed E-state index contributed by atoms with van der Waals surface area (Å²) >= 11 is 12.9. The Morgan fingerprint density at radius 3 is 1.97 bits per heavy atom. The van der Waals surface area contributed by atoms with Crippen molar-refractivity contribution in [3.63, 3.8) is 0 Å². The summed E-state index contributed by atoms with van der Waals surface area (Å²) in [7, 11) is -7.80. The van der Waals surface area contributed by atoms with Gasteiger partial charge < -0.3 is 0 Å². The molecule has 176 valence electrons. The number of nitrogens with zero attached hydrogens (tertiary/aromatic N) is 1. The molecule has 0 saturated heterocycles. The summed E-state index contributed by atoms with van der Waals surface area (Å²) in [6, 6.07) is 15.6. The highest BCUT2D eigenvalue weighted by Gasteiger charge is 2.25. The van der Waals surface area contributed by atoms with Crippen molar-refractivity contribution in [2.24, 2.45) is 5.14 Å². The van der Waals surface area contributed by atoms with Crippen LogP contribution in [0.25, 0.3) is 21.7 Å². The average Bonchev–Trinajstić information content (AvgIpc) is 3.19. The number of halogens is 3. The molecule has 0 unspecified atom stereocenters. The second kappa shape index (κ2) is 9.37. The first kappa shape index (κ1) is 24.8. The molecule has 2 N–H and O–H groups in total. The van der Waals surface area contributed by atoms with Gasteiger partial charge in [0, 0.05) is 15.6 Å². The molecule has 12 heteroatoms. The van der Waals surface area contributed by atoms with Crippen LogP contribution in [0.4, 0.5) is 4.39 Å². The maximum atomic E-state index is 13.5. The Morgan fingerprint density at radius 1 is 0.853 bits per heavy atom. The fourth-order valence-electron chi connectivity index (χ4n) is 3.20. The first-order valence-corrected chi connectivity index (χ1v) is 14.3. The van der Waals surface area contributed by atoms with Crippen LogP contribution in [0.2, 0.25) is 10.0 Å². The summed E-state index contributed by atoms with van der Waals surface area (Å²) in [6.45, 7) is 0. The molecule has 3 aromatic carbocycles. The van der Waals surface area contributed by atoms with Gasteiger partial charge >= 0.3 is 0 Å². The van der Waals surface area contributed by atoms with E-state index in [1.54, 1.807) is 0 Å². The van der Waals surface area contributed by atoms with E-state index in [4.69, 9.17) is 28.3 Å². The Hall–Kier alpha value is -2.34. The Bertz CT molecular complexity index is 1570. The van der Waals surface area contributed by atoms with Gasteiger partial charge in [0.15, 0.2) is 0 Å². The maximum absolute atomic E-state index is 13.5. The number of sulfone groups is 1. The predicted octanol–water partition coefficient (Wildman–Crippen LogP) is 5.54. The topological polar surface area (TPSA) is 107 Å². The molecule has 6 nitrogen and oxygen atoms in total. The van der Waals surface area contributed by atoms with Gasteiger partial charge in [0.1, 0.15) is 5.82 Å². The van der Waals surface area contributed by atoms with Gasteiger partial charge in [-0.25, -0.2) is 31.3 Å². The molecule has 4 aromatic rings. The van der Waals surface area contributed by atoms with E-state index in [9.17, 15) is 21.2 Å². The zero-order valence-corrected chi connectivity index (χ0v) is 21.0. The highest BCUT2D eigenvalue weighted by Crippen LogP contribution is 2.39. The lowest BCUT2D eigenvalue weighted by Gasteiger charge is -2.04. The third-order valence-corrected chi connectivity index (χ3v) is 9.33. The van der Waals surface area contributed by atoms with Crippen LogP contribution in [0.3, 0.4) is 0 Å². The second-order valence-corrected chi connectivity index (χ2v) is 12.9. The quantitative estimate of drug-likeness (QED) is 0.335.